The molecule has 1 amide bonds. The van der Waals surface area contributed by atoms with Crippen LogP contribution in [0.5, 0.6) is 11.5 Å². The lowest BCUT2D eigenvalue weighted by atomic mass is 10.0. The number of amides is 1. The molecule has 0 atom stereocenters. The molecule has 0 radical (unpaired) electrons. The number of rotatable bonds is 7. The molecular formula is C22H24N4O3. The van der Waals surface area contributed by atoms with Gasteiger partial charge in [0, 0.05) is 18.0 Å². The summed E-state index contributed by atoms with van der Waals surface area (Å²) in [6, 6.07) is 14.8. The van der Waals surface area contributed by atoms with Crippen LogP contribution in [0.2, 0.25) is 0 Å². The van der Waals surface area contributed by atoms with Crippen LogP contribution in [0.4, 0.5) is 17.3 Å². The lowest BCUT2D eigenvalue weighted by Gasteiger charge is -2.12. The number of benzene rings is 2. The SMILES string of the molecule is COc1ccc(NC(=O)c2ccnc(Nc3ccc(C(C)C)cc3)n2)c(OC)c1. The second kappa shape index (κ2) is 9.05. The Morgan fingerprint density at radius 3 is 2.41 bits per heavy atom. The first kappa shape index (κ1) is 20.1. The maximum atomic E-state index is 12.6. The third-order valence-electron chi connectivity index (χ3n) is 4.38. The summed E-state index contributed by atoms with van der Waals surface area (Å²) in [7, 11) is 3.10. The van der Waals surface area contributed by atoms with Crippen molar-refractivity contribution in [2.75, 3.05) is 24.9 Å². The monoisotopic (exact) mass is 392 g/mol. The van der Waals surface area contributed by atoms with Crippen LogP contribution < -0.4 is 20.1 Å². The average Bonchev–Trinajstić information content (AvgIpc) is 2.74. The predicted molar refractivity (Wildman–Crippen MR) is 113 cm³/mol. The maximum Gasteiger partial charge on any atom is 0.274 e. The van der Waals surface area contributed by atoms with Crippen molar-refractivity contribution in [3.8, 4) is 11.5 Å². The summed E-state index contributed by atoms with van der Waals surface area (Å²) in [5.74, 6) is 1.57. The number of methoxy groups -OCH3 is 2. The number of hydrogen-bond acceptors (Lipinski definition) is 6. The molecule has 0 fully saturated rings. The average molecular weight is 392 g/mol. The van der Waals surface area contributed by atoms with Gasteiger partial charge in [0.2, 0.25) is 5.95 Å². The van der Waals surface area contributed by atoms with Crippen LogP contribution in [0.25, 0.3) is 0 Å². The van der Waals surface area contributed by atoms with Crippen LogP contribution >= 0.6 is 0 Å². The minimum atomic E-state index is -0.367. The van der Waals surface area contributed by atoms with Gasteiger partial charge in [0.1, 0.15) is 17.2 Å². The number of carbonyl (C=O) groups is 1. The second-order valence-corrected chi connectivity index (χ2v) is 6.69. The Morgan fingerprint density at radius 1 is 1.00 bits per heavy atom. The van der Waals surface area contributed by atoms with E-state index in [9.17, 15) is 4.79 Å². The number of carbonyl (C=O) groups excluding carboxylic acids is 1. The molecule has 2 aromatic carbocycles. The summed E-state index contributed by atoms with van der Waals surface area (Å²) in [5.41, 5.74) is 2.86. The Hall–Kier alpha value is -3.61. The fraction of sp³-hybridized carbons (Fsp3) is 0.227. The van der Waals surface area contributed by atoms with Gasteiger partial charge in [-0.1, -0.05) is 26.0 Å². The van der Waals surface area contributed by atoms with Gasteiger partial charge in [-0.25, -0.2) is 9.97 Å². The summed E-state index contributed by atoms with van der Waals surface area (Å²) < 4.78 is 10.5. The van der Waals surface area contributed by atoms with Gasteiger partial charge in [-0.2, -0.15) is 0 Å². The Labute approximate surface area is 170 Å². The number of hydrogen-bond donors (Lipinski definition) is 2. The lowest BCUT2D eigenvalue weighted by molar-refractivity contribution is 0.102. The molecule has 1 heterocycles. The Kier molecular flexibility index (Phi) is 6.29. The highest BCUT2D eigenvalue weighted by atomic mass is 16.5. The van der Waals surface area contributed by atoms with E-state index < -0.39 is 0 Å². The standard InChI is InChI=1S/C22H24N4O3/c1-14(2)15-5-7-16(8-6-15)24-22-23-12-11-19(26-22)21(27)25-18-10-9-17(28-3)13-20(18)29-4/h5-14H,1-4H3,(H,25,27)(H,23,24,26). The van der Waals surface area contributed by atoms with E-state index >= 15 is 0 Å². The molecule has 7 nitrogen and oxygen atoms in total. The molecule has 1 aromatic heterocycles. The van der Waals surface area contributed by atoms with E-state index in [4.69, 9.17) is 9.47 Å². The number of nitrogens with one attached hydrogen (secondary N) is 2. The maximum absolute atomic E-state index is 12.6. The van der Waals surface area contributed by atoms with Crippen LogP contribution in [0, 0.1) is 0 Å². The highest BCUT2D eigenvalue weighted by Gasteiger charge is 2.13. The van der Waals surface area contributed by atoms with E-state index in [1.165, 1.54) is 18.9 Å². The lowest BCUT2D eigenvalue weighted by Crippen LogP contribution is -2.15. The van der Waals surface area contributed by atoms with Crippen molar-refractivity contribution in [3.63, 3.8) is 0 Å². The zero-order valence-electron chi connectivity index (χ0n) is 16.9. The Bertz CT molecular complexity index is 988. The molecule has 0 spiro atoms. The van der Waals surface area contributed by atoms with Crippen LogP contribution in [-0.4, -0.2) is 30.1 Å². The minimum Gasteiger partial charge on any atom is -0.497 e. The first-order valence-corrected chi connectivity index (χ1v) is 9.23. The van der Waals surface area contributed by atoms with Crippen molar-refractivity contribution in [2.24, 2.45) is 0 Å². The third-order valence-corrected chi connectivity index (χ3v) is 4.38. The first-order valence-electron chi connectivity index (χ1n) is 9.23. The van der Waals surface area contributed by atoms with Gasteiger partial charge in [-0.15, -0.1) is 0 Å². The van der Waals surface area contributed by atoms with Crippen LogP contribution in [-0.2, 0) is 0 Å². The molecule has 0 aliphatic rings. The van der Waals surface area contributed by atoms with Gasteiger partial charge < -0.3 is 20.1 Å². The predicted octanol–water partition coefficient (Wildman–Crippen LogP) is 4.61. The van der Waals surface area contributed by atoms with Gasteiger partial charge in [0.15, 0.2) is 0 Å². The quantitative estimate of drug-likeness (QED) is 0.611. The molecular weight excluding hydrogens is 368 g/mol. The molecule has 7 heteroatoms. The fourth-order valence-corrected chi connectivity index (χ4v) is 2.71. The van der Waals surface area contributed by atoms with Crippen molar-refractivity contribution in [2.45, 2.75) is 19.8 Å². The highest BCUT2D eigenvalue weighted by Crippen LogP contribution is 2.29. The van der Waals surface area contributed by atoms with Gasteiger partial charge in [-0.05, 0) is 41.8 Å². The fourth-order valence-electron chi connectivity index (χ4n) is 2.71. The van der Waals surface area contributed by atoms with E-state index in [2.05, 4.69) is 46.6 Å². The van der Waals surface area contributed by atoms with Crippen LogP contribution in [0.1, 0.15) is 35.8 Å². The summed E-state index contributed by atoms with van der Waals surface area (Å²) in [4.78, 5) is 21.2. The van der Waals surface area contributed by atoms with Crippen LogP contribution in [0.15, 0.2) is 54.7 Å². The largest absolute Gasteiger partial charge is 0.497 e. The molecule has 150 valence electrons. The minimum absolute atomic E-state index is 0.235. The first-order chi connectivity index (χ1) is 14.0. The Balaban J connectivity index is 1.74. The van der Waals surface area contributed by atoms with Crippen molar-refractivity contribution in [1.29, 1.82) is 0 Å². The van der Waals surface area contributed by atoms with E-state index in [0.29, 0.717) is 29.1 Å². The molecule has 29 heavy (non-hydrogen) atoms. The zero-order valence-corrected chi connectivity index (χ0v) is 16.9. The summed E-state index contributed by atoms with van der Waals surface area (Å²) in [6.07, 6.45) is 1.54. The highest BCUT2D eigenvalue weighted by molar-refractivity contribution is 6.03. The van der Waals surface area contributed by atoms with E-state index in [1.54, 1.807) is 31.4 Å². The molecule has 0 unspecified atom stereocenters. The number of ether oxygens (including phenoxy) is 2. The summed E-state index contributed by atoms with van der Waals surface area (Å²) >= 11 is 0. The van der Waals surface area contributed by atoms with Crippen LogP contribution in [0.3, 0.4) is 0 Å². The molecule has 0 bridgehead atoms. The third kappa shape index (κ3) is 5.01. The zero-order chi connectivity index (χ0) is 20.8. The number of anilines is 3. The number of nitrogens with zero attached hydrogens (tertiary/aromatic N) is 2. The smallest absolute Gasteiger partial charge is 0.274 e. The summed E-state index contributed by atoms with van der Waals surface area (Å²) in [5, 5.41) is 5.93. The molecule has 3 aromatic rings. The van der Waals surface area contributed by atoms with Gasteiger partial charge in [-0.3, -0.25) is 4.79 Å². The molecule has 0 saturated heterocycles. The summed E-state index contributed by atoms with van der Waals surface area (Å²) in [6.45, 7) is 4.29. The topological polar surface area (TPSA) is 85.4 Å². The molecule has 0 aliphatic heterocycles. The van der Waals surface area contributed by atoms with Crippen molar-refractivity contribution < 1.29 is 14.3 Å². The molecule has 0 saturated carbocycles. The molecule has 2 N–H and O–H groups in total. The van der Waals surface area contributed by atoms with E-state index in [0.717, 1.165) is 5.69 Å². The molecule has 3 rings (SSSR count). The van der Waals surface area contributed by atoms with E-state index in [1.807, 2.05) is 12.1 Å². The van der Waals surface area contributed by atoms with Crippen molar-refractivity contribution >= 4 is 23.2 Å². The van der Waals surface area contributed by atoms with Gasteiger partial charge in [0.25, 0.3) is 5.91 Å². The Morgan fingerprint density at radius 2 is 1.76 bits per heavy atom. The molecule has 0 aliphatic carbocycles. The number of aromatic nitrogens is 2. The van der Waals surface area contributed by atoms with E-state index in [-0.39, 0.29) is 11.6 Å². The van der Waals surface area contributed by atoms with Crippen molar-refractivity contribution in [1.82, 2.24) is 9.97 Å². The normalized spacial score (nSPS) is 10.5. The van der Waals surface area contributed by atoms with Gasteiger partial charge >= 0.3 is 0 Å². The second-order valence-electron chi connectivity index (χ2n) is 6.69. The van der Waals surface area contributed by atoms with Gasteiger partial charge in [0.05, 0.1) is 19.9 Å². The van der Waals surface area contributed by atoms with Crippen molar-refractivity contribution in [3.05, 3.63) is 66.0 Å².